The van der Waals surface area contributed by atoms with Crippen LogP contribution in [0.1, 0.15) is 59.1 Å². The maximum absolute atomic E-state index is 12.8. The zero-order valence-electron chi connectivity index (χ0n) is 17.8. The number of aliphatic imine (C=N–C) groups is 1. The molecule has 7 heteroatoms. The van der Waals surface area contributed by atoms with Crippen LogP contribution in [0.5, 0.6) is 0 Å². The summed E-state index contributed by atoms with van der Waals surface area (Å²) in [7, 11) is 0. The SMILES string of the molecule is CC(C)CC1(C)N=C(N)N(Cc2ccc(CNC(=O)NC(C)(C)C)cc2)C1=O. The number of benzene rings is 1. The average Bonchev–Trinajstić information content (AvgIpc) is 2.75. The van der Waals surface area contributed by atoms with Gasteiger partial charge in [-0.15, -0.1) is 0 Å². The average molecular weight is 388 g/mol. The van der Waals surface area contributed by atoms with Crippen LogP contribution in [0.4, 0.5) is 4.79 Å². The predicted molar refractivity (Wildman–Crippen MR) is 112 cm³/mol. The number of amides is 3. The van der Waals surface area contributed by atoms with Gasteiger partial charge in [0.25, 0.3) is 5.91 Å². The van der Waals surface area contributed by atoms with E-state index in [0.717, 1.165) is 11.1 Å². The van der Waals surface area contributed by atoms with Gasteiger partial charge in [0.1, 0.15) is 5.54 Å². The van der Waals surface area contributed by atoms with E-state index in [2.05, 4.69) is 29.5 Å². The Labute approximate surface area is 167 Å². The van der Waals surface area contributed by atoms with Gasteiger partial charge in [0.2, 0.25) is 0 Å². The minimum Gasteiger partial charge on any atom is -0.369 e. The van der Waals surface area contributed by atoms with Crippen molar-refractivity contribution in [1.29, 1.82) is 0 Å². The molecule has 0 radical (unpaired) electrons. The Hall–Kier alpha value is -2.57. The van der Waals surface area contributed by atoms with Crippen LogP contribution >= 0.6 is 0 Å². The van der Waals surface area contributed by atoms with Crippen LogP contribution < -0.4 is 16.4 Å². The van der Waals surface area contributed by atoms with Crippen molar-refractivity contribution in [2.24, 2.45) is 16.6 Å². The lowest BCUT2D eigenvalue weighted by atomic mass is 9.91. The van der Waals surface area contributed by atoms with Gasteiger partial charge in [-0.05, 0) is 51.2 Å². The minimum absolute atomic E-state index is 0.0525. The Morgan fingerprint density at radius 2 is 1.79 bits per heavy atom. The first-order chi connectivity index (χ1) is 12.9. The number of urea groups is 1. The molecule has 2 rings (SSSR count). The van der Waals surface area contributed by atoms with Crippen molar-refractivity contribution in [3.05, 3.63) is 35.4 Å². The van der Waals surface area contributed by atoms with Crippen molar-refractivity contribution in [2.45, 2.75) is 72.1 Å². The summed E-state index contributed by atoms with van der Waals surface area (Å²) in [6.07, 6.45) is 0.671. The maximum Gasteiger partial charge on any atom is 0.315 e. The summed E-state index contributed by atoms with van der Waals surface area (Å²) in [5.41, 5.74) is 6.92. The van der Waals surface area contributed by atoms with Gasteiger partial charge in [0.05, 0.1) is 6.54 Å². The number of nitrogens with one attached hydrogen (secondary N) is 2. The van der Waals surface area contributed by atoms with Gasteiger partial charge in [-0.25, -0.2) is 9.79 Å². The molecule has 1 aromatic carbocycles. The van der Waals surface area contributed by atoms with Crippen LogP contribution in [-0.2, 0) is 17.9 Å². The number of nitrogens with two attached hydrogens (primary N) is 1. The first kappa shape index (κ1) is 21.7. The molecule has 1 atom stereocenters. The zero-order chi connectivity index (χ0) is 21.1. The molecule has 1 aliphatic heterocycles. The Balaban J connectivity index is 1.95. The Kier molecular flexibility index (Phi) is 6.37. The lowest BCUT2D eigenvalue weighted by Gasteiger charge is -2.23. The van der Waals surface area contributed by atoms with Gasteiger partial charge in [0.15, 0.2) is 5.96 Å². The fraction of sp³-hybridized carbons (Fsp3) is 0.571. The molecule has 0 aliphatic carbocycles. The molecule has 0 bridgehead atoms. The van der Waals surface area contributed by atoms with Crippen LogP contribution in [0.2, 0.25) is 0 Å². The molecule has 0 spiro atoms. The predicted octanol–water partition coefficient (Wildman–Crippen LogP) is 2.75. The van der Waals surface area contributed by atoms with E-state index in [1.54, 1.807) is 4.90 Å². The smallest absolute Gasteiger partial charge is 0.315 e. The van der Waals surface area contributed by atoms with Crippen molar-refractivity contribution in [2.75, 3.05) is 0 Å². The lowest BCUT2D eigenvalue weighted by Crippen LogP contribution is -2.46. The molecule has 1 unspecified atom stereocenters. The fourth-order valence-corrected chi connectivity index (χ4v) is 3.35. The highest BCUT2D eigenvalue weighted by molar-refractivity contribution is 6.06. The Morgan fingerprint density at radius 1 is 1.21 bits per heavy atom. The number of nitrogens with zero attached hydrogens (tertiary/aromatic N) is 2. The third kappa shape index (κ3) is 5.71. The molecule has 0 fully saturated rings. The summed E-state index contributed by atoms with van der Waals surface area (Å²) in [6, 6.07) is 7.56. The summed E-state index contributed by atoms with van der Waals surface area (Å²) >= 11 is 0. The van der Waals surface area contributed by atoms with Crippen LogP contribution in [0.3, 0.4) is 0 Å². The van der Waals surface area contributed by atoms with Gasteiger partial charge in [-0.1, -0.05) is 38.1 Å². The number of rotatable bonds is 6. The highest BCUT2D eigenvalue weighted by atomic mass is 16.2. The number of carbonyl (C=O) groups excluding carboxylic acids is 2. The van der Waals surface area contributed by atoms with Gasteiger partial charge in [-0.2, -0.15) is 0 Å². The summed E-state index contributed by atoms with van der Waals surface area (Å²) in [6.45, 7) is 12.6. The highest BCUT2D eigenvalue weighted by Crippen LogP contribution is 2.29. The molecule has 1 aliphatic rings. The van der Waals surface area contributed by atoms with Crippen LogP contribution in [0.15, 0.2) is 29.3 Å². The van der Waals surface area contributed by atoms with Crippen molar-refractivity contribution < 1.29 is 9.59 Å². The van der Waals surface area contributed by atoms with Gasteiger partial charge < -0.3 is 16.4 Å². The van der Waals surface area contributed by atoms with E-state index in [4.69, 9.17) is 5.73 Å². The van der Waals surface area contributed by atoms with Crippen LogP contribution in [0, 0.1) is 5.92 Å². The van der Waals surface area contributed by atoms with Crippen LogP contribution in [0.25, 0.3) is 0 Å². The standard InChI is InChI=1S/C21H33N5O2/c1-14(2)11-21(6)17(27)26(18(22)24-21)13-16-9-7-15(8-10-16)12-23-19(28)25-20(3,4)5/h7-10,14H,11-13H2,1-6H3,(H2,22,24)(H2,23,25,28). The second-order valence-corrected chi connectivity index (χ2v) is 9.11. The lowest BCUT2D eigenvalue weighted by molar-refractivity contribution is -0.131. The van der Waals surface area contributed by atoms with Gasteiger partial charge in [-0.3, -0.25) is 9.69 Å². The van der Waals surface area contributed by atoms with E-state index in [-0.39, 0.29) is 23.4 Å². The van der Waals surface area contributed by atoms with E-state index in [1.165, 1.54) is 0 Å². The van der Waals surface area contributed by atoms with Crippen LogP contribution in [-0.4, -0.2) is 33.9 Å². The molecule has 7 nitrogen and oxygen atoms in total. The Bertz CT molecular complexity index is 749. The second-order valence-electron chi connectivity index (χ2n) is 9.11. The van der Waals surface area contributed by atoms with E-state index >= 15 is 0 Å². The van der Waals surface area contributed by atoms with E-state index in [9.17, 15) is 9.59 Å². The molecule has 1 heterocycles. The molecule has 0 saturated heterocycles. The first-order valence-corrected chi connectivity index (χ1v) is 9.71. The van der Waals surface area contributed by atoms with E-state index in [1.807, 2.05) is 52.0 Å². The summed E-state index contributed by atoms with van der Waals surface area (Å²) in [4.78, 5) is 30.6. The van der Waals surface area contributed by atoms with Crippen molar-refractivity contribution in [3.63, 3.8) is 0 Å². The quantitative estimate of drug-likeness (QED) is 0.700. The minimum atomic E-state index is -0.775. The highest BCUT2D eigenvalue weighted by Gasteiger charge is 2.43. The molecule has 3 amide bonds. The van der Waals surface area contributed by atoms with Crippen molar-refractivity contribution in [1.82, 2.24) is 15.5 Å². The number of carbonyl (C=O) groups is 2. The molecule has 28 heavy (non-hydrogen) atoms. The molecule has 1 aromatic rings. The molecule has 4 N–H and O–H groups in total. The fourth-order valence-electron chi connectivity index (χ4n) is 3.35. The van der Waals surface area contributed by atoms with E-state index < -0.39 is 5.54 Å². The topological polar surface area (TPSA) is 99.8 Å². The third-order valence-electron chi connectivity index (χ3n) is 4.45. The molecule has 0 saturated carbocycles. The van der Waals surface area contributed by atoms with Crippen molar-refractivity contribution in [3.8, 4) is 0 Å². The van der Waals surface area contributed by atoms with Crippen molar-refractivity contribution >= 4 is 17.9 Å². The van der Waals surface area contributed by atoms with Gasteiger partial charge in [0, 0.05) is 12.1 Å². The molecule has 0 aromatic heterocycles. The van der Waals surface area contributed by atoms with Gasteiger partial charge >= 0.3 is 6.03 Å². The first-order valence-electron chi connectivity index (χ1n) is 9.71. The Morgan fingerprint density at radius 3 is 2.32 bits per heavy atom. The number of hydrogen-bond acceptors (Lipinski definition) is 4. The molecule has 154 valence electrons. The summed E-state index contributed by atoms with van der Waals surface area (Å²) < 4.78 is 0. The number of hydrogen-bond donors (Lipinski definition) is 3. The monoisotopic (exact) mass is 387 g/mol. The maximum atomic E-state index is 12.8. The zero-order valence-corrected chi connectivity index (χ0v) is 17.8. The number of guanidine groups is 1. The second kappa shape index (κ2) is 8.20. The van der Waals surface area contributed by atoms with E-state index in [0.29, 0.717) is 25.4 Å². The largest absolute Gasteiger partial charge is 0.369 e. The molecular weight excluding hydrogens is 354 g/mol. The third-order valence-corrected chi connectivity index (χ3v) is 4.45. The normalized spacial score (nSPS) is 19.8. The summed E-state index contributed by atoms with van der Waals surface area (Å²) in [5, 5.41) is 5.70. The summed E-state index contributed by atoms with van der Waals surface area (Å²) in [5.74, 6) is 0.578. The molecular formula is C21H33N5O2.